The Morgan fingerprint density at radius 3 is 2.69 bits per heavy atom. The van der Waals surface area contributed by atoms with Crippen molar-refractivity contribution in [2.75, 3.05) is 0 Å². The summed E-state index contributed by atoms with van der Waals surface area (Å²) in [5.74, 6) is 0. The fourth-order valence-corrected chi connectivity index (χ4v) is 3.27. The SMILES string of the molecule is O/N=C1\CCCCCC1Sc1ccccc1. The third kappa shape index (κ3) is 3.01. The molecule has 0 saturated heterocycles. The highest BCUT2D eigenvalue weighted by Gasteiger charge is 2.20. The van der Waals surface area contributed by atoms with Crippen LogP contribution in [0.1, 0.15) is 32.1 Å². The van der Waals surface area contributed by atoms with Crippen molar-refractivity contribution >= 4 is 17.5 Å². The van der Waals surface area contributed by atoms with Crippen molar-refractivity contribution in [3.63, 3.8) is 0 Å². The van der Waals surface area contributed by atoms with Crippen LogP contribution in [0.3, 0.4) is 0 Å². The summed E-state index contributed by atoms with van der Waals surface area (Å²) in [6, 6.07) is 10.4. The fraction of sp³-hybridized carbons (Fsp3) is 0.462. The van der Waals surface area contributed by atoms with E-state index in [1.54, 1.807) is 0 Å². The van der Waals surface area contributed by atoms with Crippen molar-refractivity contribution in [2.24, 2.45) is 5.16 Å². The molecule has 1 aliphatic rings. The minimum absolute atomic E-state index is 0.356. The average molecular weight is 235 g/mol. The van der Waals surface area contributed by atoms with Crippen LogP contribution in [0.5, 0.6) is 0 Å². The largest absolute Gasteiger partial charge is 0.411 e. The average Bonchev–Trinajstić information content (AvgIpc) is 2.55. The Labute approximate surface area is 101 Å². The van der Waals surface area contributed by atoms with Gasteiger partial charge in [0.25, 0.3) is 0 Å². The number of oxime groups is 1. The second-order valence-electron chi connectivity index (χ2n) is 4.11. The molecule has 0 aliphatic heterocycles. The van der Waals surface area contributed by atoms with E-state index < -0.39 is 0 Å². The molecule has 0 aromatic heterocycles. The highest BCUT2D eigenvalue weighted by Crippen LogP contribution is 2.31. The van der Waals surface area contributed by atoms with E-state index in [1.165, 1.54) is 17.7 Å². The molecule has 2 nitrogen and oxygen atoms in total. The molecule has 1 atom stereocenters. The molecule has 0 spiro atoms. The molecule has 1 aliphatic carbocycles. The first kappa shape index (κ1) is 11.5. The van der Waals surface area contributed by atoms with Crippen LogP contribution in [0.4, 0.5) is 0 Å². The van der Waals surface area contributed by atoms with Gasteiger partial charge in [0.05, 0.1) is 11.0 Å². The van der Waals surface area contributed by atoms with Gasteiger partial charge in [0.15, 0.2) is 0 Å². The third-order valence-corrected chi connectivity index (χ3v) is 4.26. The Kier molecular flexibility index (Phi) is 4.28. The summed E-state index contributed by atoms with van der Waals surface area (Å²) in [4.78, 5) is 1.26. The smallest absolute Gasteiger partial charge is 0.0704 e. The van der Waals surface area contributed by atoms with E-state index in [4.69, 9.17) is 5.21 Å². The van der Waals surface area contributed by atoms with Gasteiger partial charge in [-0.15, -0.1) is 11.8 Å². The predicted molar refractivity (Wildman–Crippen MR) is 68.4 cm³/mol. The van der Waals surface area contributed by atoms with Crippen LogP contribution in [-0.4, -0.2) is 16.2 Å². The van der Waals surface area contributed by atoms with Gasteiger partial charge in [-0.3, -0.25) is 0 Å². The van der Waals surface area contributed by atoms with Crippen LogP contribution in [0, 0.1) is 0 Å². The van der Waals surface area contributed by atoms with E-state index in [0.717, 1.165) is 25.0 Å². The number of hydrogen-bond acceptors (Lipinski definition) is 3. The first-order chi connectivity index (χ1) is 7.90. The molecule has 2 rings (SSSR count). The van der Waals surface area contributed by atoms with E-state index >= 15 is 0 Å². The van der Waals surface area contributed by atoms with Gasteiger partial charge in [0.1, 0.15) is 0 Å². The summed E-state index contributed by atoms with van der Waals surface area (Å²) in [5.41, 5.74) is 0.964. The van der Waals surface area contributed by atoms with Crippen molar-refractivity contribution < 1.29 is 5.21 Å². The van der Waals surface area contributed by atoms with E-state index in [-0.39, 0.29) is 0 Å². The van der Waals surface area contributed by atoms with Gasteiger partial charge < -0.3 is 5.21 Å². The Bertz CT molecular complexity index is 350. The maximum Gasteiger partial charge on any atom is 0.0704 e. The zero-order chi connectivity index (χ0) is 11.2. The van der Waals surface area contributed by atoms with Crippen LogP contribution < -0.4 is 0 Å². The molecule has 3 heteroatoms. The van der Waals surface area contributed by atoms with Crippen LogP contribution in [0.15, 0.2) is 40.4 Å². The van der Waals surface area contributed by atoms with Crippen molar-refractivity contribution in [3.05, 3.63) is 30.3 Å². The van der Waals surface area contributed by atoms with Gasteiger partial charge in [-0.2, -0.15) is 0 Å². The van der Waals surface area contributed by atoms with E-state index in [0.29, 0.717) is 5.25 Å². The third-order valence-electron chi connectivity index (χ3n) is 2.92. The molecule has 1 N–H and O–H groups in total. The standard InChI is InChI=1S/C13H17NOS/c15-14-12-9-5-2-6-10-13(12)16-11-7-3-1-4-8-11/h1,3-4,7-8,13,15H,2,5-6,9-10H2/b14-12+. The summed E-state index contributed by atoms with van der Waals surface area (Å²) in [5, 5.41) is 12.9. The van der Waals surface area contributed by atoms with Crippen molar-refractivity contribution in [1.82, 2.24) is 0 Å². The molecule has 0 bridgehead atoms. The molecule has 0 heterocycles. The summed E-state index contributed by atoms with van der Waals surface area (Å²) in [6.45, 7) is 0. The molecule has 1 aromatic rings. The molecule has 1 fully saturated rings. The van der Waals surface area contributed by atoms with Crippen molar-refractivity contribution in [2.45, 2.75) is 42.2 Å². The van der Waals surface area contributed by atoms with Gasteiger partial charge in [-0.1, -0.05) is 36.2 Å². The zero-order valence-electron chi connectivity index (χ0n) is 9.30. The Morgan fingerprint density at radius 1 is 1.12 bits per heavy atom. The molecule has 1 aromatic carbocycles. The van der Waals surface area contributed by atoms with Crippen LogP contribution in [0.2, 0.25) is 0 Å². The highest BCUT2D eigenvalue weighted by atomic mass is 32.2. The van der Waals surface area contributed by atoms with E-state index in [1.807, 2.05) is 17.8 Å². The monoisotopic (exact) mass is 235 g/mol. The predicted octanol–water partition coefficient (Wildman–Crippen LogP) is 3.94. The number of nitrogens with zero attached hydrogens (tertiary/aromatic N) is 1. The first-order valence-corrected chi connectivity index (χ1v) is 6.70. The minimum atomic E-state index is 0.356. The minimum Gasteiger partial charge on any atom is -0.411 e. The number of benzene rings is 1. The van der Waals surface area contributed by atoms with Gasteiger partial charge >= 0.3 is 0 Å². The second kappa shape index (κ2) is 5.94. The molecule has 0 amide bonds. The molecular formula is C13H17NOS. The summed E-state index contributed by atoms with van der Waals surface area (Å²) >= 11 is 1.82. The van der Waals surface area contributed by atoms with E-state index in [9.17, 15) is 0 Å². The Balaban J connectivity index is 2.06. The van der Waals surface area contributed by atoms with Crippen LogP contribution in [0.25, 0.3) is 0 Å². The van der Waals surface area contributed by atoms with Crippen LogP contribution >= 0.6 is 11.8 Å². The highest BCUT2D eigenvalue weighted by molar-refractivity contribution is 8.00. The van der Waals surface area contributed by atoms with Crippen LogP contribution in [-0.2, 0) is 0 Å². The number of hydrogen-bond donors (Lipinski definition) is 1. The molecule has 86 valence electrons. The molecule has 1 saturated carbocycles. The lowest BCUT2D eigenvalue weighted by Gasteiger charge is -2.14. The number of thioether (sulfide) groups is 1. The van der Waals surface area contributed by atoms with Gasteiger partial charge in [0, 0.05) is 4.90 Å². The van der Waals surface area contributed by atoms with Gasteiger partial charge in [0.2, 0.25) is 0 Å². The zero-order valence-corrected chi connectivity index (χ0v) is 10.1. The fourth-order valence-electron chi connectivity index (χ4n) is 2.04. The number of rotatable bonds is 2. The topological polar surface area (TPSA) is 32.6 Å². The lowest BCUT2D eigenvalue weighted by Crippen LogP contribution is -2.15. The quantitative estimate of drug-likeness (QED) is 0.478. The Morgan fingerprint density at radius 2 is 1.94 bits per heavy atom. The molecular weight excluding hydrogens is 218 g/mol. The normalized spacial score (nSPS) is 24.2. The maximum absolute atomic E-state index is 9.04. The van der Waals surface area contributed by atoms with Gasteiger partial charge in [-0.25, -0.2) is 0 Å². The molecule has 16 heavy (non-hydrogen) atoms. The lowest BCUT2D eigenvalue weighted by atomic mass is 10.2. The van der Waals surface area contributed by atoms with Crippen molar-refractivity contribution in [3.8, 4) is 0 Å². The Hall–Kier alpha value is -0.960. The maximum atomic E-state index is 9.04. The molecule has 1 unspecified atom stereocenters. The second-order valence-corrected chi connectivity index (χ2v) is 5.39. The van der Waals surface area contributed by atoms with E-state index in [2.05, 4.69) is 29.4 Å². The molecule has 0 radical (unpaired) electrons. The lowest BCUT2D eigenvalue weighted by molar-refractivity contribution is 0.316. The first-order valence-electron chi connectivity index (χ1n) is 5.82. The van der Waals surface area contributed by atoms with Gasteiger partial charge in [-0.05, 0) is 31.4 Å². The summed E-state index contributed by atoms with van der Waals surface area (Å²) < 4.78 is 0. The summed E-state index contributed by atoms with van der Waals surface area (Å²) in [7, 11) is 0. The summed E-state index contributed by atoms with van der Waals surface area (Å²) in [6.07, 6.45) is 5.72. The van der Waals surface area contributed by atoms with Crippen molar-refractivity contribution in [1.29, 1.82) is 0 Å².